The van der Waals surface area contributed by atoms with E-state index in [2.05, 4.69) is 16.7 Å². The molecule has 3 aromatic heterocycles. The molecule has 10 nitrogen and oxygen atoms in total. The van der Waals surface area contributed by atoms with Crippen LogP contribution in [0.3, 0.4) is 0 Å². The van der Waals surface area contributed by atoms with Crippen LogP contribution in [0.1, 0.15) is 25.6 Å². The highest BCUT2D eigenvalue weighted by Gasteiger charge is 2.26. The summed E-state index contributed by atoms with van der Waals surface area (Å²) < 4.78 is 4.41. The largest absolute Gasteiger partial charge is 0.341 e. The molecule has 1 fully saturated rings. The van der Waals surface area contributed by atoms with E-state index in [4.69, 9.17) is 20.7 Å². The van der Waals surface area contributed by atoms with Crippen LogP contribution in [0.25, 0.3) is 33.3 Å². The monoisotopic (exact) mass is 534 g/mol. The number of hydrogen-bond donors (Lipinski definition) is 1. The molecule has 10 heteroatoms. The van der Waals surface area contributed by atoms with E-state index in [-0.39, 0.29) is 19.1 Å². The van der Waals surface area contributed by atoms with Crippen LogP contribution in [0, 0.1) is 11.8 Å². The number of fused-ring (bicyclic) bond motifs is 2. The summed E-state index contributed by atoms with van der Waals surface area (Å²) in [6, 6.07) is 17.6. The van der Waals surface area contributed by atoms with Crippen molar-refractivity contribution in [3.63, 3.8) is 0 Å². The second kappa shape index (κ2) is 10.4. The summed E-state index contributed by atoms with van der Waals surface area (Å²) in [5.74, 6) is 6.95. The van der Waals surface area contributed by atoms with Gasteiger partial charge in [-0.2, -0.15) is 4.98 Å². The summed E-state index contributed by atoms with van der Waals surface area (Å²) >= 11 is 0. The highest BCUT2D eigenvalue weighted by atomic mass is 16.2. The maximum atomic E-state index is 14.0. The van der Waals surface area contributed by atoms with E-state index in [9.17, 15) is 9.59 Å². The molecule has 40 heavy (non-hydrogen) atoms. The number of rotatable bonds is 5. The molecule has 6 rings (SSSR count). The third-order valence-electron chi connectivity index (χ3n) is 7.36. The summed E-state index contributed by atoms with van der Waals surface area (Å²) in [6.45, 7) is 3.34. The minimum atomic E-state index is -0.483. The van der Waals surface area contributed by atoms with E-state index in [0.29, 0.717) is 29.5 Å². The van der Waals surface area contributed by atoms with Crippen LogP contribution < -0.4 is 21.9 Å². The molecule has 1 unspecified atom stereocenters. The molecule has 4 heterocycles. The van der Waals surface area contributed by atoms with E-state index in [1.807, 2.05) is 54.6 Å². The Balaban J connectivity index is 1.53. The van der Waals surface area contributed by atoms with Gasteiger partial charge in [-0.3, -0.25) is 18.5 Å². The molecule has 0 aliphatic carbocycles. The van der Waals surface area contributed by atoms with E-state index < -0.39 is 11.2 Å². The number of hydrogen-bond acceptors (Lipinski definition) is 7. The summed E-state index contributed by atoms with van der Waals surface area (Å²) in [5, 5.41) is 0.897. The normalized spacial score (nSPS) is 15.4. The molecule has 1 aliphatic heterocycles. The van der Waals surface area contributed by atoms with Gasteiger partial charge in [0.15, 0.2) is 11.2 Å². The molecule has 1 saturated heterocycles. The fourth-order valence-corrected chi connectivity index (χ4v) is 5.39. The van der Waals surface area contributed by atoms with Gasteiger partial charge in [0, 0.05) is 37.1 Å². The van der Waals surface area contributed by atoms with Crippen molar-refractivity contribution in [1.29, 1.82) is 0 Å². The first-order valence-electron chi connectivity index (χ1n) is 13.4. The van der Waals surface area contributed by atoms with E-state index >= 15 is 0 Å². The highest BCUT2D eigenvalue weighted by molar-refractivity contribution is 5.92. The topological polar surface area (TPSA) is 117 Å². The van der Waals surface area contributed by atoms with E-state index in [1.165, 1.54) is 9.13 Å². The van der Waals surface area contributed by atoms with Crippen molar-refractivity contribution in [3.05, 3.63) is 81.3 Å². The first kappa shape index (κ1) is 25.5. The van der Waals surface area contributed by atoms with Gasteiger partial charge in [-0.25, -0.2) is 14.8 Å². The van der Waals surface area contributed by atoms with Gasteiger partial charge in [0.1, 0.15) is 5.82 Å². The summed E-state index contributed by atoms with van der Waals surface area (Å²) in [7, 11) is 1.63. The number of piperidine rings is 1. The lowest BCUT2D eigenvalue weighted by Gasteiger charge is -2.31. The Morgan fingerprint density at radius 2 is 1.77 bits per heavy atom. The van der Waals surface area contributed by atoms with Crippen LogP contribution in [0.15, 0.2) is 64.2 Å². The Bertz CT molecular complexity index is 1910. The number of para-hydroxylation sites is 1. The molecule has 1 atom stereocenters. The fourth-order valence-electron chi connectivity index (χ4n) is 5.39. The number of benzene rings is 2. The molecule has 0 bridgehead atoms. The van der Waals surface area contributed by atoms with Crippen molar-refractivity contribution in [2.45, 2.75) is 38.9 Å². The number of nitrogens with zero attached hydrogens (tertiary/aromatic N) is 7. The second-order valence-corrected chi connectivity index (χ2v) is 10.0. The molecule has 0 saturated carbocycles. The van der Waals surface area contributed by atoms with Crippen LogP contribution >= 0.6 is 0 Å². The zero-order valence-corrected chi connectivity index (χ0v) is 22.5. The van der Waals surface area contributed by atoms with Gasteiger partial charge in [-0.1, -0.05) is 54.5 Å². The van der Waals surface area contributed by atoms with Gasteiger partial charge in [-0.15, -0.1) is 5.92 Å². The molecule has 2 aromatic carbocycles. The Hall–Kier alpha value is -4.75. The van der Waals surface area contributed by atoms with Gasteiger partial charge in [0.25, 0.3) is 5.56 Å². The number of nitrogens with two attached hydrogens (primary N) is 1. The standard InChI is InChI=1S/C30H30N8O2/c1-3-4-17-37-26-27(34-29(37)36-16-10-13-21(31)18-36)35(2)30(40)38(28(26)39)19-24-32-23-15-9-8-14-22(23)25(33-24)20-11-6-5-7-12-20/h5-9,11-12,14-15,21H,10,13,16-19,31H2,1-2H3. The van der Waals surface area contributed by atoms with Crippen molar-refractivity contribution in [2.24, 2.45) is 12.8 Å². The Morgan fingerprint density at radius 3 is 2.55 bits per heavy atom. The minimum Gasteiger partial charge on any atom is -0.341 e. The van der Waals surface area contributed by atoms with Crippen molar-refractivity contribution < 1.29 is 0 Å². The third-order valence-corrected chi connectivity index (χ3v) is 7.36. The van der Waals surface area contributed by atoms with Crippen LogP contribution in [0.5, 0.6) is 0 Å². The van der Waals surface area contributed by atoms with Crippen molar-refractivity contribution in [1.82, 2.24) is 28.7 Å². The van der Waals surface area contributed by atoms with Crippen LogP contribution in [0.2, 0.25) is 0 Å². The molecular weight excluding hydrogens is 504 g/mol. The first-order valence-corrected chi connectivity index (χ1v) is 13.4. The Morgan fingerprint density at radius 1 is 1.00 bits per heavy atom. The predicted octanol–water partition coefficient (Wildman–Crippen LogP) is 2.51. The molecular formula is C30H30N8O2. The summed E-state index contributed by atoms with van der Waals surface area (Å²) in [6.07, 6.45) is 1.86. The molecule has 1 aliphatic rings. The highest BCUT2D eigenvalue weighted by Crippen LogP contribution is 2.26. The average Bonchev–Trinajstić information content (AvgIpc) is 3.37. The number of imidazole rings is 1. The number of aryl methyl sites for hydroxylation is 1. The number of aromatic nitrogens is 6. The molecule has 0 spiro atoms. The summed E-state index contributed by atoms with van der Waals surface area (Å²) in [4.78, 5) is 44.0. The Labute approximate surface area is 230 Å². The lowest BCUT2D eigenvalue weighted by atomic mass is 10.1. The number of anilines is 1. The SMILES string of the molecule is CC#CCn1c(N2CCCC(N)C2)nc2c1c(=O)n(Cc1nc(-c3ccccc3)c3ccccc3n1)c(=O)n2C. The second-order valence-electron chi connectivity index (χ2n) is 10.0. The van der Waals surface area contributed by atoms with Gasteiger partial charge in [0.05, 0.1) is 24.3 Å². The van der Waals surface area contributed by atoms with E-state index in [0.717, 1.165) is 41.5 Å². The van der Waals surface area contributed by atoms with Crippen LogP contribution in [-0.2, 0) is 20.1 Å². The van der Waals surface area contributed by atoms with Gasteiger partial charge in [0.2, 0.25) is 5.95 Å². The predicted molar refractivity (Wildman–Crippen MR) is 156 cm³/mol. The fraction of sp³-hybridized carbons (Fsp3) is 0.300. The molecule has 0 radical (unpaired) electrons. The lowest BCUT2D eigenvalue weighted by molar-refractivity contribution is 0.496. The molecule has 202 valence electrons. The van der Waals surface area contributed by atoms with Crippen molar-refractivity contribution in [2.75, 3.05) is 18.0 Å². The Kier molecular flexibility index (Phi) is 6.66. The van der Waals surface area contributed by atoms with Crippen molar-refractivity contribution in [3.8, 4) is 23.1 Å². The lowest BCUT2D eigenvalue weighted by Crippen LogP contribution is -2.44. The van der Waals surface area contributed by atoms with Crippen LogP contribution in [0.4, 0.5) is 5.95 Å². The maximum absolute atomic E-state index is 14.0. The molecule has 0 amide bonds. The van der Waals surface area contributed by atoms with Gasteiger partial charge < -0.3 is 10.6 Å². The van der Waals surface area contributed by atoms with Crippen LogP contribution in [-0.4, -0.2) is 47.8 Å². The summed E-state index contributed by atoms with van der Waals surface area (Å²) in [5.41, 5.74) is 8.38. The average molecular weight is 535 g/mol. The zero-order valence-electron chi connectivity index (χ0n) is 22.5. The third kappa shape index (κ3) is 4.44. The minimum absolute atomic E-state index is 0.0172. The zero-order chi connectivity index (χ0) is 27.8. The first-order chi connectivity index (χ1) is 19.5. The van der Waals surface area contributed by atoms with Gasteiger partial charge in [-0.05, 0) is 25.8 Å². The maximum Gasteiger partial charge on any atom is 0.332 e. The van der Waals surface area contributed by atoms with E-state index in [1.54, 1.807) is 18.5 Å². The molecule has 5 aromatic rings. The molecule has 2 N–H and O–H groups in total. The smallest absolute Gasteiger partial charge is 0.332 e. The van der Waals surface area contributed by atoms with Gasteiger partial charge >= 0.3 is 5.69 Å². The quantitative estimate of drug-likeness (QED) is 0.344. The van der Waals surface area contributed by atoms with Crippen molar-refractivity contribution >= 4 is 28.0 Å².